The lowest BCUT2D eigenvalue weighted by molar-refractivity contribution is 0.138. The van der Waals surface area contributed by atoms with Gasteiger partial charge in [0.05, 0.1) is 6.54 Å². The fourth-order valence-electron chi connectivity index (χ4n) is 1.28. The van der Waals surface area contributed by atoms with Crippen molar-refractivity contribution in [3.8, 4) is 0 Å². The van der Waals surface area contributed by atoms with Gasteiger partial charge in [-0.05, 0) is 19.8 Å². The van der Waals surface area contributed by atoms with Crippen LogP contribution in [0.1, 0.15) is 19.8 Å². The first-order valence-electron chi connectivity index (χ1n) is 4.30. The Hall–Kier alpha value is -0.990. The highest BCUT2D eigenvalue weighted by Crippen LogP contribution is 2.10. The minimum absolute atomic E-state index is 0.0567. The quantitative estimate of drug-likeness (QED) is 0.474. The van der Waals surface area contributed by atoms with Crippen LogP contribution in [0.5, 0.6) is 0 Å². The van der Waals surface area contributed by atoms with Crippen molar-refractivity contribution in [2.75, 3.05) is 13.1 Å². The Morgan fingerprint density at radius 1 is 1.83 bits per heavy atom. The van der Waals surface area contributed by atoms with Gasteiger partial charge in [0.1, 0.15) is 6.10 Å². The van der Waals surface area contributed by atoms with Gasteiger partial charge in [-0.3, -0.25) is 0 Å². The van der Waals surface area contributed by atoms with E-state index in [1.54, 1.807) is 4.90 Å². The summed E-state index contributed by atoms with van der Waals surface area (Å²) >= 11 is 0. The highest BCUT2D eigenvalue weighted by molar-refractivity contribution is 5.69. The monoisotopic (exact) mass is 169 g/mol. The van der Waals surface area contributed by atoms with Crippen molar-refractivity contribution in [2.45, 2.75) is 25.9 Å². The number of unbranched alkanes of at least 4 members (excludes halogenated alkanes) is 1. The van der Waals surface area contributed by atoms with E-state index in [1.807, 2.05) is 13.0 Å². The minimum Gasteiger partial charge on any atom is -0.445 e. The van der Waals surface area contributed by atoms with Crippen molar-refractivity contribution in [2.24, 2.45) is 0 Å². The van der Waals surface area contributed by atoms with Gasteiger partial charge >= 0.3 is 6.09 Å². The minimum atomic E-state index is -0.174. The van der Waals surface area contributed by atoms with Crippen LogP contribution in [0.25, 0.3) is 0 Å². The fraction of sp³-hybridized carbons (Fsp3) is 0.667. The van der Waals surface area contributed by atoms with Gasteiger partial charge in [-0.25, -0.2) is 4.79 Å². The molecule has 68 valence electrons. The molecule has 1 rings (SSSR count). The second kappa shape index (κ2) is 4.14. The molecule has 0 aromatic carbocycles. The molecular weight excluding hydrogens is 154 g/mol. The lowest BCUT2D eigenvalue weighted by Gasteiger charge is -2.10. The number of nitrogens with zero attached hydrogens (tertiary/aromatic N) is 1. The zero-order valence-electron chi connectivity index (χ0n) is 7.45. The number of carbonyl (C=O) groups excluding carboxylic acids is 1. The molecule has 1 aliphatic heterocycles. The van der Waals surface area contributed by atoms with E-state index >= 15 is 0 Å². The largest absolute Gasteiger partial charge is 0.445 e. The second-order valence-electron chi connectivity index (χ2n) is 3.07. The number of hydrogen-bond donors (Lipinski definition) is 0. The van der Waals surface area contributed by atoms with E-state index in [0.29, 0.717) is 0 Å². The maximum absolute atomic E-state index is 11.1. The zero-order valence-corrected chi connectivity index (χ0v) is 7.45. The molecule has 0 saturated carbocycles. The van der Waals surface area contributed by atoms with Gasteiger partial charge in [0.25, 0.3) is 0 Å². The normalized spacial score (nSPS) is 22.6. The van der Waals surface area contributed by atoms with Crippen LogP contribution < -0.4 is 0 Å². The van der Waals surface area contributed by atoms with Crippen molar-refractivity contribution in [1.29, 1.82) is 0 Å². The van der Waals surface area contributed by atoms with E-state index in [1.165, 1.54) is 0 Å². The molecule has 1 heterocycles. The predicted octanol–water partition coefficient (Wildman–Crippen LogP) is 1.79. The van der Waals surface area contributed by atoms with E-state index < -0.39 is 0 Å². The number of allylic oxidation sites excluding steroid dienone is 1. The summed E-state index contributed by atoms with van der Waals surface area (Å²) in [5, 5.41) is 0. The van der Waals surface area contributed by atoms with Crippen molar-refractivity contribution in [1.82, 2.24) is 4.90 Å². The van der Waals surface area contributed by atoms with Crippen molar-refractivity contribution in [3.05, 3.63) is 12.7 Å². The molecule has 0 spiro atoms. The van der Waals surface area contributed by atoms with E-state index in [9.17, 15) is 4.79 Å². The molecule has 3 heteroatoms. The third-order valence-corrected chi connectivity index (χ3v) is 1.87. The Balaban J connectivity index is 2.23. The molecule has 0 aliphatic carbocycles. The number of carbonyl (C=O) groups is 1. The van der Waals surface area contributed by atoms with Gasteiger partial charge < -0.3 is 9.64 Å². The number of rotatable bonds is 4. The number of hydrogen-bond acceptors (Lipinski definition) is 2. The first kappa shape index (κ1) is 9.10. The summed E-state index contributed by atoms with van der Waals surface area (Å²) in [5.74, 6) is 0. The molecule has 1 amide bonds. The fourth-order valence-corrected chi connectivity index (χ4v) is 1.28. The Bertz CT molecular complexity index is 179. The summed E-state index contributed by atoms with van der Waals surface area (Å²) in [4.78, 5) is 12.8. The Kier molecular flexibility index (Phi) is 3.14. The van der Waals surface area contributed by atoms with Crippen LogP contribution >= 0.6 is 0 Å². The van der Waals surface area contributed by atoms with Crippen molar-refractivity contribution >= 4 is 6.09 Å². The Labute approximate surface area is 73.0 Å². The molecular formula is C9H15NO2. The first-order valence-corrected chi connectivity index (χ1v) is 4.30. The van der Waals surface area contributed by atoms with Gasteiger partial charge in [0.15, 0.2) is 0 Å². The molecule has 1 atom stereocenters. The average Bonchev–Trinajstić information content (AvgIpc) is 2.31. The van der Waals surface area contributed by atoms with Crippen LogP contribution in [0.2, 0.25) is 0 Å². The molecule has 12 heavy (non-hydrogen) atoms. The summed E-state index contributed by atoms with van der Waals surface area (Å²) in [6.45, 7) is 7.05. The van der Waals surface area contributed by atoms with Gasteiger partial charge in [0, 0.05) is 6.54 Å². The lowest BCUT2D eigenvalue weighted by Crippen LogP contribution is -2.25. The van der Waals surface area contributed by atoms with Gasteiger partial charge in [-0.1, -0.05) is 6.08 Å². The summed E-state index contributed by atoms with van der Waals surface area (Å²) in [5.41, 5.74) is 0. The predicted molar refractivity (Wildman–Crippen MR) is 46.9 cm³/mol. The average molecular weight is 169 g/mol. The third kappa shape index (κ3) is 2.26. The van der Waals surface area contributed by atoms with Crippen molar-refractivity contribution < 1.29 is 9.53 Å². The van der Waals surface area contributed by atoms with E-state index in [0.717, 1.165) is 25.9 Å². The summed E-state index contributed by atoms with van der Waals surface area (Å²) in [6.07, 6.45) is 3.68. The van der Waals surface area contributed by atoms with Crippen LogP contribution in [-0.4, -0.2) is 30.2 Å². The first-order chi connectivity index (χ1) is 5.74. The topological polar surface area (TPSA) is 29.5 Å². The summed E-state index contributed by atoms with van der Waals surface area (Å²) in [7, 11) is 0. The van der Waals surface area contributed by atoms with Gasteiger partial charge in [-0.15, -0.1) is 6.58 Å². The van der Waals surface area contributed by atoms with Gasteiger partial charge in [0.2, 0.25) is 0 Å². The maximum Gasteiger partial charge on any atom is 0.410 e. The molecule has 1 unspecified atom stereocenters. The smallest absolute Gasteiger partial charge is 0.410 e. The highest BCUT2D eigenvalue weighted by atomic mass is 16.6. The number of ether oxygens (including phenoxy) is 1. The summed E-state index contributed by atoms with van der Waals surface area (Å²) in [6, 6.07) is 0. The third-order valence-electron chi connectivity index (χ3n) is 1.87. The van der Waals surface area contributed by atoms with E-state index in [2.05, 4.69) is 6.58 Å². The SMILES string of the molecule is C=CCCCN1CC(C)OC1=O. The van der Waals surface area contributed by atoms with E-state index in [4.69, 9.17) is 4.74 Å². The van der Waals surface area contributed by atoms with Crippen LogP contribution in [0.15, 0.2) is 12.7 Å². The lowest BCUT2D eigenvalue weighted by atomic mass is 10.3. The molecule has 0 radical (unpaired) electrons. The van der Waals surface area contributed by atoms with Crippen LogP contribution in [0.3, 0.4) is 0 Å². The van der Waals surface area contributed by atoms with Crippen LogP contribution in [0.4, 0.5) is 4.79 Å². The number of amides is 1. The summed E-state index contributed by atoms with van der Waals surface area (Å²) < 4.78 is 4.97. The highest BCUT2D eigenvalue weighted by Gasteiger charge is 2.26. The Morgan fingerprint density at radius 3 is 3.08 bits per heavy atom. The molecule has 0 aromatic heterocycles. The molecule has 0 aromatic rings. The Morgan fingerprint density at radius 2 is 2.58 bits per heavy atom. The molecule has 0 bridgehead atoms. The van der Waals surface area contributed by atoms with Crippen LogP contribution in [-0.2, 0) is 4.74 Å². The molecule has 0 N–H and O–H groups in total. The molecule has 1 aliphatic rings. The van der Waals surface area contributed by atoms with Crippen molar-refractivity contribution in [3.63, 3.8) is 0 Å². The molecule has 3 nitrogen and oxygen atoms in total. The van der Waals surface area contributed by atoms with E-state index in [-0.39, 0.29) is 12.2 Å². The molecule has 1 fully saturated rings. The molecule has 1 saturated heterocycles. The zero-order chi connectivity index (χ0) is 8.97. The standard InChI is InChI=1S/C9H15NO2/c1-3-4-5-6-10-7-8(2)12-9(10)11/h3,8H,1,4-7H2,2H3. The van der Waals surface area contributed by atoms with Crippen LogP contribution in [0, 0.1) is 0 Å². The second-order valence-corrected chi connectivity index (χ2v) is 3.07. The number of cyclic esters (lactones) is 1. The van der Waals surface area contributed by atoms with Gasteiger partial charge in [-0.2, -0.15) is 0 Å². The maximum atomic E-state index is 11.1.